The smallest absolute Gasteiger partial charge is 0.411 e. The molecule has 0 heterocycles. The molecule has 15 nitrogen and oxygen atoms in total. The molecular formula is C27H31N3O12S2. The zero-order valence-corrected chi connectivity index (χ0v) is 25.6. The molecule has 17 heteroatoms. The molecule has 238 valence electrons. The number of hydrogen-bond acceptors (Lipinski definition) is 12. The van der Waals surface area contributed by atoms with Gasteiger partial charge in [-0.2, -0.15) is 0 Å². The second-order valence-electron chi connectivity index (χ2n) is 8.98. The number of ketones is 2. The maximum absolute atomic E-state index is 12.6. The highest BCUT2D eigenvalue weighted by Crippen LogP contribution is 2.25. The van der Waals surface area contributed by atoms with Crippen molar-refractivity contribution < 1.29 is 58.0 Å². The van der Waals surface area contributed by atoms with E-state index in [0.717, 1.165) is 23.5 Å². The molecule has 5 N–H and O–H groups in total. The third kappa shape index (κ3) is 11.6. The van der Waals surface area contributed by atoms with E-state index >= 15 is 0 Å². The highest BCUT2D eigenvalue weighted by atomic mass is 32.2. The molecule has 0 atom stereocenters. The largest absolute Gasteiger partial charge is 0.481 e. The summed E-state index contributed by atoms with van der Waals surface area (Å²) in [5.74, 6) is -3.23. The molecule has 1 aliphatic rings. The number of Topliss-reactive ketones (excluding diaryl/α,β-unsaturated/α-hetero) is 2. The van der Waals surface area contributed by atoms with Crippen LogP contribution in [0, 0.1) is 0 Å². The molecule has 0 bridgehead atoms. The summed E-state index contributed by atoms with van der Waals surface area (Å²) in [6.07, 6.45) is -2.63. The molecule has 3 amide bonds. The summed E-state index contributed by atoms with van der Waals surface area (Å²) in [5.41, 5.74) is 1.70. The van der Waals surface area contributed by atoms with Crippen LogP contribution < -0.4 is 16.0 Å². The van der Waals surface area contributed by atoms with Crippen LogP contribution in [-0.2, 0) is 46.6 Å². The Morgan fingerprint density at radius 1 is 0.705 bits per heavy atom. The van der Waals surface area contributed by atoms with Gasteiger partial charge in [-0.05, 0) is 38.5 Å². The Balaban J connectivity index is 2.07. The maximum atomic E-state index is 12.6. The molecule has 0 aromatic heterocycles. The van der Waals surface area contributed by atoms with Crippen molar-refractivity contribution in [2.45, 2.75) is 34.0 Å². The Hall–Kier alpha value is -4.51. The van der Waals surface area contributed by atoms with Crippen molar-refractivity contribution in [3.63, 3.8) is 0 Å². The van der Waals surface area contributed by atoms with Gasteiger partial charge in [-0.15, -0.1) is 23.5 Å². The van der Waals surface area contributed by atoms with E-state index in [-0.39, 0.29) is 70.2 Å². The van der Waals surface area contributed by atoms with Crippen LogP contribution in [0.15, 0.2) is 40.5 Å². The predicted molar refractivity (Wildman–Crippen MR) is 159 cm³/mol. The van der Waals surface area contributed by atoms with E-state index in [0.29, 0.717) is 11.1 Å². The number of carbonyl (C=O) groups is 7. The SMILES string of the molecule is CC1=C(C)C(=O)C(COC(=O)Nc2ccc(COC(=O)NCSCC(=O)O)cc2COC(=O)NCSCC(=O)O)=C(C)C1=O. The summed E-state index contributed by atoms with van der Waals surface area (Å²) in [7, 11) is 0. The summed E-state index contributed by atoms with van der Waals surface area (Å²) < 4.78 is 15.5. The first-order valence-corrected chi connectivity index (χ1v) is 15.0. The number of nitrogens with one attached hydrogen (secondary N) is 3. The summed E-state index contributed by atoms with van der Waals surface area (Å²) in [6, 6.07) is 4.44. The predicted octanol–water partition coefficient (Wildman–Crippen LogP) is 3.04. The van der Waals surface area contributed by atoms with Gasteiger partial charge in [0.25, 0.3) is 0 Å². The Morgan fingerprint density at radius 2 is 1.23 bits per heavy atom. The number of aliphatic carboxylic acids is 2. The average molecular weight is 654 g/mol. The Morgan fingerprint density at radius 3 is 1.80 bits per heavy atom. The van der Waals surface area contributed by atoms with Crippen molar-refractivity contribution >= 4 is 71.0 Å². The standard InChI is InChI=1S/C27H31N3O12S2/c1-14-15(2)24(36)19(16(3)23(14)35)9-42-27(39)30-20-5-4-17(7-40-25(37)28-12-43-10-21(31)32)6-18(20)8-41-26(38)29-13-44-11-22(33)34/h4-6H,7-13H2,1-3H3,(H,28,37)(H,29,38)(H,30,39)(H,31,32)(H,33,34). The van der Waals surface area contributed by atoms with Crippen molar-refractivity contribution in [1.29, 1.82) is 0 Å². The third-order valence-corrected chi connectivity index (χ3v) is 7.48. The Labute approximate surface area is 260 Å². The minimum absolute atomic E-state index is 0.0146. The van der Waals surface area contributed by atoms with Gasteiger partial charge in [-0.25, -0.2) is 14.4 Å². The van der Waals surface area contributed by atoms with Crippen molar-refractivity contribution in [3.05, 3.63) is 51.6 Å². The van der Waals surface area contributed by atoms with E-state index in [1.54, 1.807) is 6.92 Å². The number of carboxylic acid groups (broad SMARTS) is 2. The normalized spacial score (nSPS) is 12.9. The molecule has 44 heavy (non-hydrogen) atoms. The van der Waals surface area contributed by atoms with Gasteiger partial charge in [-0.3, -0.25) is 24.5 Å². The molecule has 0 fully saturated rings. The lowest BCUT2D eigenvalue weighted by atomic mass is 9.86. The van der Waals surface area contributed by atoms with Gasteiger partial charge in [0.2, 0.25) is 0 Å². The highest BCUT2D eigenvalue weighted by Gasteiger charge is 2.28. The number of thioether (sulfide) groups is 2. The maximum Gasteiger partial charge on any atom is 0.411 e. The minimum Gasteiger partial charge on any atom is -0.481 e. The van der Waals surface area contributed by atoms with Crippen LogP contribution in [0.4, 0.5) is 20.1 Å². The molecule has 0 spiro atoms. The highest BCUT2D eigenvalue weighted by molar-refractivity contribution is 8.00. The number of benzene rings is 1. The lowest BCUT2D eigenvalue weighted by Crippen LogP contribution is -2.26. The molecule has 0 unspecified atom stereocenters. The van der Waals surface area contributed by atoms with Crippen LogP contribution in [-0.4, -0.2) is 81.9 Å². The second kappa shape index (κ2) is 17.6. The zero-order chi connectivity index (χ0) is 32.8. The molecule has 0 saturated heterocycles. The van der Waals surface area contributed by atoms with Gasteiger partial charge >= 0.3 is 30.2 Å². The zero-order valence-electron chi connectivity index (χ0n) is 24.0. The third-order valence-electron chi connectivity index (χ3n) is 5.88. The first-order valence-electron chi connectivity index (χ1n) is 12.7. The number of carboxylic acids is 2. The van der Waals surface area contributed by atoms with Crippen molar-refractivity contribution in [2.75, 3.05) is 35.2 Å². The Kier molecular flexibility index (Phi) is 14.2. The first kappa shape index (κ1) is 35.7. The number of hydrogen-bond donors (Lipinski definition) is 5. The molecule has 0 aliphatic heterocycles. The number of rotatable bonds is 15. The van der Waals surface area contributed by atoms with E-state index in [4.69, 9.17) is 24.4 Å². The van der Waals surface area contributed by atoms with Crippen molar-refractivity contribution in [1.82, 2.24) is 10.6 Å². The fourth-order valence-corrected chi connectivity index (χ4v) is 4.48. The molecule has 1 aliphatic carbocycles. The molecule has 2 rings (SSSR count). The fraction of sp³-hybridized carbons (Fsp3) is 0.370. The van der Waals surface area contributed by atoms with Gasteiger partial charge in [-0.1, -0.05) is 6.07 Å². The topological polar surface area (TPSA) is 224 Å². The second-order valence-corrected chi connectivity index (χ2v) is 11.0. The number of carbonyl (C=O) groups excluding carboxylic acids is 5. The van der Waals surface area contributed by atoms with Crippen LogP contribution in [0.25, 0.3) is 0 Å². The van der Waals surface area contributed by atoms with E-state index in [2.05, 4.69) is 16.0 Å². The van der Waals surface area contributed by atoms with Crippen LogP contribution in [0.1, 0.15) is 31.9 Å². The number of allylic oxidation sites excluding steroid dienone is 3. The number of alkyl carbamates (subject to hydrolysis) is 2. The minimum atomic E-state index is -1.05. The first-order chi connectivity index (χ1) is 20.8. The van der Waals surface area contributed by atoms with Crippen LogP contribution in [0.5, 0.6) is 0 Å². The molecular weight excluding hydrogens is 622 g/mol. The lowest BCUT2D eigenvalue weighted by Gasteiger charge is -2.19. The monoisotopic (exact) mass is 653 g/mol. The number of amides is 3. The van der Waals surface area contributed by atoms with E-state index < -0.39 is 42.6 Å². The van der Waals surface area contributed by atoms with E-state index in [1.165, 1.54) is 32.0 Å². The molecule has 1 aromatic carbocycles. The lowest BCUT2D eigenvalue weighted by molar-refractivity contribution is -0.134. The fourth-order valence-electron chi connectivity index (χ4n) is 3.48. The van der Waals surface area contributed by atoms with Gasteiger partial charge in [0.1, 0.15) is 19.8 Å². The van der Waals surface area contributed by atoms with Gasteiger partial charge in [0, 0.05) is 27.9 Å². The van der Waals surface area contributed by atoms with Crippen LogP contribution in [0.3, 0.4) is 0 Å². The average Bonchev–Trinajstić information content (AvgIpc) is 2.97. The van der Waals surface area contributed by atoms with Crippen molar-refractivity contribution in [3.8, 4) is 0 Å². The van der Waals surface area contributed by atoms with Gasteiger partial charge in [0.05, 0.1) is 28.9 Å². The molecule has 0 saturated carbocycles. The van der Waals surface area contributed by atoms with Gasteiger partial charge in [0.15, 0.2) is 11.6 Å². The van der Waals surface area contributed by atoms with E-state index in [1.807, 2.05) is 0 Å². The van der Waals surface area contributed by atoms with Crippen LogP contribution >= 0.6 is 23.5 Å². The van der Waals surface area contributed by atoms with Crippen molar-refractivity contribution in [2.24, 2.45) is 0 Å². The number of ether oxygens (including phenoxy) is 3. The van der Waals surface area contributed by atoms with Crippen LogP contribution in [0.2, 0.25) is 0 Å². The quantitative estimate of drug-likeness (QED) is 0.0794. The summed E-state index contributed by atoms with van der Waals surface area (Å²) in [5, 5.41) is 24.6. The Bertz CT molecular complexity index is 1390. The summed E-state index contributed by atoms with van der Waals surface area (Å²) in [4.78, 5) is 82.8. The number of anilines is 1. The summed E-state index contributed by atoms with van der Waals surface area (Å²) >= 11 is 1.90. The molecule has 0 radical (unpaired) electrons. The summed E-state index contributed by atoms with van der Waals surface area (Å²) in [6.45, 7) is 3.50. The van der Waals surface area contributed by atoms with Gasteiger partial charge < -0.3 is 35.1 Å². The van der Waals surface area contributed by atoms with E-state index in [9.17, 15) is 33.6 Å². The molecule has 1 aromatic rings.